The molecular weight excluding hydrogens is 256 g/mol. The monoisotopic (exact) mass is 278 g/mol. The van der Waals surface area contributed by atoms with E-state index in [0.717, 1.165) is 12.4 Å². The lowest BCUT2D eigenvalue weighted by Crippen LogP contribution is -2.21. The zero-order valence-electron chi connectivity index (χ0n) is 12.5. The van der Waals surface area contributed by atoms with Crippen molar-refractivity contribution in [3.63, 3.8) is 0 Å². The Morgan fingerprint density at radius 1 is 1.40 bits per heavy atom. The molecule has 5 nitrogen and oxygen atoms in total. The standard InChI is InChI=1S/C15H22N2O3/c1-10(2)15(7-8-15)9-16-12-6-5-11(14(18)20-4)13(17-12)19-3/h5-6,10H,7-9H2,1-4H3,(H,16,17). The molecule has 1 fully saturated rings. The van der Waals surface area contributed by atoms with Gasteiger partial charge in [-0.3, -0.25) is 0 Å². The van der Waals surface area contributed by atoms with Gasteiger partial charge in [0.2, 0.25) is 5.88 Å². The van der Waals surface area contributed by atoms with Gasteiger partial charge in [0.1, 0.15) is 11.4 Å². The number of aromatic nitrogens is 1. The minimum Gasteiger partial charge on any atom is -0.480 e. The molecular formula is C15H22N2O3. The molecule has 0 radical (unpaired) electrons. The largest absolute Gasteiger partial charge is 0.480 e. The van der Waals surface area contributed by atoms with Gasteiger partial charge in [0, 0.05) is 6.54 Å². The predicted molar refractivity (Wildman–Crippen MR) is 77.1 cm³/mol. The number of nitrogens with zero attached hydrogens (tertiary/aromatic N) is 1. The topological polar surface area (TPSA) is 60.5 Å². The summed E-state index contributed by atoms with van der Waals surface area (Å²) in [6.45, 7) is 5.41. The molecule has 1 saturated carbocycles. The zero-order chi connectivity index (χ0) is 14.8. The number of methoxy groups -OCH3 is 2. The van der Waals surface area contributed by atoms with E-state index in [0.29, 0.717) is 16.9 Å². The molecule has 20 heavy (non-hydrogen) atoms. The first kappa shape index (κ1) is 14.6. The SMILES string of the molecule is COC(=O)c1ccc(NCC2(C(C)C)CC2)nc1OC. The minimum absolute atomic E-state index is 0.288. The second-order valence-electron chi connectivity index (χ2n) is 5.62. The average molecular weight is 278 g/mol. The molecule has 0 unspecified atom stereocenters. The van der Waals surface area contributed by atoms with Crippen molar-refractivity contribution in [1.82, 2.24) is 4.98 Å². The molecule has 1 N–H and O–H groups in total. The molecule has 1 aromatic rings. The van der Waals surface area contributed by atoms with Crippen LogP contribution < -0.4 is 10.1 Å². The number of anilines is 1. The normalized spacial score (nSPS) is 15.8. The van der Waals surface area contributed by atoms with Gasteiger partial charge < -0.3 is 14.8 Å². The van der Waals surface area contributed by atoms with Crippen molar-refractivity contribution in [3.8, 4) is 5.88 Å². The first-order valence-electron chi connectivity index (χ1n) is 6.89. The minimum atomic E-state index is -0.443. The van der Waals surface area contributed by atoms with E-state index in [-0.39, 0.29) is 5.88 Å². The molecule has 0 amide bonds. The van der Waals surface area contributed by atoms with Gasteiger partial charge in [0.15, 0.2) is 0 Å². The average Bonchev–Trinajstić information content (AvgIpc) is 3.25. The second-order valence-corrected chi connectivity index (χ2v) is 5.62. The van der Waals surface area contributed by atoms with Crippen molar-refractivity contribution in [2.45, 2.75) is 26.7 Å². The Balaban J connectivity index is 2.08. The number of esters is 1. The van der Waals surface area contributed by atoms with Gasteiger partial charge in [0.05, 0.1) is 14.2 Å². The number of ether oxygens (including phenoxy) is 2. The highest BCUT2D eigenvalue weighted by Gasteiger charge is 2.44. The molecule has 0 spiro atoms. The fourth-order valence-electron chi connectivity index (χ4n) is 2.35. The van der Waals surface area contributed by atoms with E-state index >= 15 is 0 Å². The molecule has 2 rings (SSSR count). The highest BCUT2D eigenvalue weighted by atomic mass is 16.5. The van der Waals surface area contributed by atoms with Crippen LogP contribution in [0.4, 0.5) is 5.82 Å². The summed E-state index contributed by atoms with van der Waals surface area (Å²) < 4.78 is 9.85. The molecule has 0 bridgehead atoms. The van der Waals surface area contributed by atoms with Gasteiger partial charge in [-0.15, -0.1) is 0 Å². The van der Waals surface area contributed by atoms with Crippen molar-refractivity contribution in [2.75, 3.05) is 26.1 Å². The van der Waals surface area contributed by atoms with Crippen molar-refractivity contribution in [2.24, 2.45) is 11.3 Å². The first-order chi connectivity index (χ1) is 9.52. The Morgan fingerprint density at radius 3 is 2.60 bits per heavy atom. The third kappa shape index (κ3) is 2.86. The van der Waals surface area contributed by atoms with Crippen molar-refractivity contribution in [3.05, 3.63) is 17.7 Å². The summed E-state index contributed by atoms with van der Waals surface area (Å²) in [6.07, 6.45) is 2.52. The van der Waals surface area contributed by atoms with Gasteiger partial charge in [-0.25, -0.2) is 4.79 Å². The maximum atomic E-state index is 11.6. The van der Waals surface area contributed by atoms with Crippen molar-refractivity contribution in [1.29, 1.82) is 0 Å². The van der Waals surface area contributed by atoms with Crippen LogP contribution in [0.2, 0.25) is 0 Å². The lowest BCUT2D eigenvalue weighted by molar-refractivity contribution is 0.0596. The van der Waals surface area contributed by atoms with E-state index in [4.69, 9.17) is 9.47 Å². The van der Waals surface area contributed by atoms with Gasteiger partial charge in [-0.1, -0.05) is 13.8 Å². The van der Waals surface area contributed by atoms with E-state index in [1.54, 1.807) is 12.1 Å². The number of hydrogen-bond acceptors (Lipinski definition) is 5. The first-order valence-corrected chi connectivity index (χ1v) is 6.89. The maximum Gasteiger partial charge on any atom is 0.343 e. The molecule has 0 saturated heterocycles. The molecule has 0 atom stereocenters. The lowest BCUT2D eigenvalue weighted by atomic mass is 9.92. The maximum absolute atomic E-state index is 11.6. The van der Waals surface area contributed by atoms with Crippen LogP contribution in [0.1, 0.15) is 37.0 Å². The van der Waals surface area contributed by atoms with Crippen LogP contribution in [0.3, 0.4) is 0 Å². The second kappa shape index (κ2) is 5.69. The van der Waals surface area contributed by atoms with Crippen LogP contribution in [0.15, 0.2) is 12.1 Å². The van der Waals surface area contributed by atoms with Gasteiger partial charge >= 0.3 is 5.97 Å². The van der Waals surface area contributed by atoms with Crippen molar-refractivity contribution < 1.29 is 14.3 Å². The quantitative estimate of drug-likeness (QED) is 0.811. The summed E-state index contributed by atoms with van der Waals surface area (Å²) in [5.74, 6) is 1.23. The molecule has 0 aromatic carbocycles. The number of carbonyl (C=O) groups excluding carboxylic acids is 1. The van der Waals surface area contributed by atoms with Crippen LogP contribution in [0, 0.1) is 11.3 Å². The lowest BCUT2D eigenvalue weighted by Gasteiger charge is -2.20. The fourth-order valence-corrected chi connectivity index (χ4v) is 2.35. The van der Waals surface area contributed by atoms with E-state index in [1.165, 1.54) is 27.1 Å². The van der Waals surface area contributed by atoms with E-state index in [1.807, 2.05) is 0 Å². The third-order valence-corrected chi connectivity index (χ3v) is 4.20. The Kier molecular flexibility index (Phi) is 4.16. The highest BCUT2D eigenvalue weighted by molar-refractivity contribution is 5.92. The summed E-state index contributed by atoms with van der Waals surface area (Å²) >= 11 is 0. The molecule has 0 aliphatic heterocycles. The molecule has 1 aliphatic rings. The van der Waals surface area contributed by atoms with Gasteiger partial charge in [0.25, 0.3) is 0 Å². The number of pyridine rings is 1. The van der Waals surface area contributed by atoms with Crippen LogP contribution in [0.25, 0.3) is 0 Å². The predicted octanol–water partition coefficient (Wildman–Crippen LogP) is 2.72. The Morgan fingerprint density at radius 2 is 2.10 bits per heavy atom. The van der Waals surface area contributed by atoms with Crippen LogP contribution in [0.5, 0.6) is 5.88 Å². The molecule has 1 aliphatic carbocycles. The molecule has 5 heteroatoms. The molecule has 110 valence electrons. The van der Waals surface area contributed by atoms with Crippen LogP contribution in [-0.2, 0) is 4.74 Å². The summed E-state index contributed by atoms with van der Waals surface area (Å²) in [6, 6.07) is 3.46. The zero-order valence-corrected chi connectivity index (χ0v) is 12.5. The van der Waals surface area contributed by atoms with Crippen LogP contribution >= 0.6 is 0 Å². The van der Waals surface area contributed by atoms with E-state index < -0.39 is 5.97 Å². The fraction of sp³-hybridized carbons (Fsp3) is 0.600. The summed E-state index contributed by atoms with van der Waals surface area (Å²) in [5.41, 5.74) is 0.737. The number of carbonyl (C=O) groups is 1. The smallest absolute Gasteiger partial charge is 0.343 e. The molecule has 1 heterocycles. The number of rotatable bonds is 6. The molecule has 1 aromatic heterocycles. The van der Waals surface area contributed by atoms with E-state index in [2.05, 4.69) is 24.1 Å². The van der Waals surface area contributed by atoms with Crippen LogP contribution in [-0.4, -0.2) is 31.7 Å². The highest BCUT2D eigenvalue weighted by Crippen LogP contribution is 2.51. The Bertz CT molecular complexity index is 496. The van der Waals surface area contributed by atoms with Gasteiger partial charge in [-0.05, 0) is 36.3 Å². The Labute approximate surface area is 119 Å². The van der Waals surface area contributed by atoms with E-state index in [9.17, 15) is 4.79 Å². The van der Waals surface area contributed by atoms with Crippen molar-refractivity contribution >= 4 is 11.8 Å². The third-order valence-electron chi connectivity index (χ3n) is 4.20. The van der Waals surface area contributed by atoms with Gasteiger partial charge in [-0.2, -0.15) is 4.98 Å². The number of nitrogens with one attached hydrogen (secondary N) is 1. The summed E-state index contributed by atoms with van der Waals surface area (Å²) in [4.78, 5) is 15.9. The summed E-state index contributed by atoms with van der Waals surface area (Å²) in [5, 5.41) is 3.34. The Hall–Kier alpha value is -1.78. The summed E-state index contributed by atoms with van der Waals surface area (Å²) in [7, 11) is 2.84. The number of hydrogen-bond donors (Lipinski definition) is 1.